The van der Waals surface area contributed by atoms with Crippen molar-refractivity contribution in [2.75, 3.05) is 29.9 Å². The Morgan fingerprint density at radius 2 is 2.10 bits per heavy atom. The zero-order valence-electron chi connectivity index (χ0n) is 11.2. The Labute approximate surface area is 115 Å². The number of hydrogen-bond acceptors (Lipinski definition) is 7. The predicted octanol–water partition coefficient (Wildman–Crippen LogP) is -0.283. The van der Waals surface area contributed by atoms with E-state index in [4.69, 9.17) is 0 Å². The standard InChI is InChI=1S/C12H18N6O2/c1-2-3-13-12-15-10-7(4-14-17-10)11(16-12)18-5-8(19)9(20)6-18/h4,8-9,19-20H,2-3,5-6H2,1H3,(H2,13,14,15,16,17). The van der Waals surface area contributed by atoms with Gasteiger partial charge in [-0.3, -0.25) is 5.10 Å². The highest BCUT2D eigenvalue weighted by molar-refractivity contribution is 5.87. The van der Waals surface area contributed by atoms with Gasteiger partial charge in [0.1, 0.15) is 5.82 Å². The number of fused-ring (bicyclic) bond motifs is 1. The minimum Gasteiger partial charge on any atom is -0.389 e. The number of hydrogen-bond donors (Lipinski definition) is 4. The highest BCUT2D eigenvalue weighted by Crippen LogP contribution is 2.27. The fraction of sp³-hybridized carbons (Fsp3) is 0.583. The third kappa shape index (κ3) is 2.27. The van der Waals surface area contributed by atoms with E-state index >= 15 is 0 Å². The largest absolute Gasteiger partial charge is 0.389 e. The van der Waals surface area contributed by atoms with E-state index in [1.165, 1.54) is 0 Å². The molecule has 3 rings (SSSR count). The molecule has 2 unspecified atom stereocenters. The minimum absolute atomic E-state index is 0.353. The van der Waals surface area contributed by atoms with Crippen LogP contribution >= 0.6 is 0 Å². The lowest BCUT2D eigenvalue weighted by Gasteiger charge is -2.18. The van der Waals surface area contributed by atoms with Crippen LogP contribution in [0.2, 0.25) is 0 Å². The average molecular weight is 278 g/mol. The Kier molecular flexibility index (Phi) is 3.41. The fourth-order valence-electron chi connectivity index (χ4n) is 2.32. The number of nitrogens with zero attached hydrogens (tertiary/aromatic N) is 4. The van der Waals surface area contributed by atoms with Crippen LogP contribution < -0.4 is 10.2 Å². The highest BCUT2D eigenvalue weighted by Gasteiger charge is 2.31. The van der Waals surface area contributed by atoms with Gasteiger partial charge in [-0.05, 0) is 6.42 Å². The van der Waals surface area contributed by atoms with E-state index in [0.717, 1.165) is 18.4 Å². The van der Waals surface area contributed by atoms with Crippen LogP contribution in [0.4, 0.5) is 11.8 Å². The van der Waals surface area contributed by atoms with Crippen LogP contribution in [0.15, 0.2) is 6.20 Å². The van der Waals surface area contributed by atoms with Crippen LogP contribution in [0, 0.1) is 0 Å². The maximum atomic E-state index is 9.69. The maximum absolute atomic E-state index is 9.69. The van der Waals surface area contributed by atoms with Gasteiger partial charge in [0.2, 0.25) is 5.95 Å². The van der Waals surface area contributed by atoms with E-state index in [1.807, 2.05) is 4.90 Å². The van der Waals surface area contributed by atoms with Crippen molar-refractivity contribution in [3.63, 3.8) is 0 Å². The number of aliphatic hydroxyl groups is 2. The van der Waals surface area contributed by atoms with E-state index in [2.05, 4.69) is 32.4 Å². The van der Waals surface area contributed by atoms with Gasteiger partial charge >= 0.3 is 0 Å². The number of nitrogens with one attached hydrogen (secondary N) is 2. The molecule has 8 nitrogen and oxygen atoms in total. The molecule has 2 aromatic heterocycles. The van der Waals surface area contributed by atoms with Gasteiger partial charge in [-0.15, -0.1) is 0 Å². The minimum atomic E-state index is -0.751. The molecule has 0 bridgehead atoms. The number of aromatic amines is 1. The van der Waals surface area contributed by atoms with Crippen LogP contribution in [0.5, 0.6) is 0 Å². The van der Waals surface area contributed by atoms with Crippen molar-refractivity contribution in [2.24, 2.45) is 0 Å². The lowest BCUT2D eigenvalue weighted by Crippen LogP contribution is -2.23. The average Bonchev–Trinajstić information content (AvgIpc) is 3.03. The molecule has 0 radical (unpaired) electrons. The first kappa shape index (κ1) is 13.1. The van der Waals surface area contributed by atoms with Gasteiger partial charge in [0.05, 0.1) is 23.8 Å². The summed E-state index contributed by atoms with van der Waals surface area (Å²) < 4.78 is 0. The Hall–Kier alpha value is -1.93. The number of aromatic nitrogens is 4. The molecule has 1 aliphatic rings. The first-order valence-corrected chi connectivity index (χ1v) is 6.75. The molecule has 2 atom stereocenters. The molecule has 4 N–H and O–H groups in total. The molecule has 0 amide bonds. The molecule has 8 heteroatoms. The molecule has 0 saturated carbocycles. The smallest absolute Gasteiger partial charge is 0.226 e. The van der Waals surface area contributed by atoms with Gasteiger partial charge in [0.25, 0.3) is 0 Å². The summed E-state index contributed by atoms with van der Waals surface area (Å²) in [4.78, 5) is 10.7. The molecule has 1 saturated heterocycles. The summed E-state index contributed by atoms with van der Waals surface area (Å²) in [6.45, 7) is 3.55. The Morgan fingerprint density at radius 3 is 2.80 bits per heavy atom. The molecule has 0 aromatic carbocycles. The van der Waals surface area contributed by atoms with Gasteiger partial charge in [-0.25, -0.2) is 0 Å². The summed E-state index contributed by atoms with van der Waals surface area (Å²) in [6, 6.07) is 0. The quantitative estimate of drug-likeness (QED) is 0.608. The molecule has 108 valence electrons. The van der Waals surface area contributed by atoms with Crippen molar-refractivity contribution in [3.8, 4) is 0 Å². The number of rotatable bonds is 4. The fourth-order valence-corrected chi connectivity index (χ4v) is 2.32. The molecule has 2 aromatic rings. The molecule has 3 heterocycles. The molecule has 0 aliphatic carbocycles. The summed E-state index contributed by atoms with van der Waals surface area (Å²) >= 11 is 0. The lowest BCUT2D eigenvalue weighted by molar-refractivity contribution is 0.0572. The van der Waals surface area contributed by atoms with Crippen molar-refractivity contribution in [1.29, 1.82) is 0 Å². The van der Waals surface area contributed by atoms with Crippen molar-refractivity contribution >= 4 is 22.8 Å². The highest BCUT2D eigenvalue weighted by atomic mass is 16.3. The molecular weight excluding hydrogens is 260 g/mol. The number of H-pyrrole nitrogens is 1. The van der Waals surface area contributed by atoms with Crippen LogP contribution in [-0.2, 0) is 0 Å². The van der Waals surface area contributed by atoms with E-state index in [1.54, 1.807) is 6.20 Å². The third-order valence-corrected chi connectivity index (χ3v) is 3.38. The van der Waals surface area contributed by atoms with E-state index in [9.17, 15) is 10.2 Å². The second-order valence-corrected chi connectivity index (χ2v) is 4.97. The topological polar surface area (TPSA) is 110 Å². The maximum Gasteiger partial charge on any atom is 0.226 e. The first-order valence-electron chi connectivity index (χ1n) is 6.75. The van der Waals surface area contributed by atoms with Gasteiger partial charge in [-0.1, -0.05) is 6.92 Å². The third-order valence-electron chi connectivity index (χ3n) is 3.38. The van der Waals surface area contributed by atoms with E-state index < -0.39 is 12.2 Å². The molecule has 1 fully saturated rings. The van der Waals surface area contributed by atoms with Crippen molar-refractivity contribution in [3.05, 3.63) is 6.20 Å². The zero-order chi connectivity index (χ0) is 14.1. The van der Waals surface area contributed by atoms with Gasteiger partial charge in [0.15, 0.2) is 5.65 Å². The Morgan fingerprint density at radius 1 is 1.35 bits per heavy atom. The van der Waals surface area contributed by atoms with Gasteiger partial charge in [0, 0.05) is 19.6 Å². The van der Waals surface area contributed by atoms with Crippen LogP contribution in [0.3, 0.4) is 0 Å². The van der Waals surface area contributed by atoms with Crippen molar-refractivity contribution < 1.29 is 10.2 Å². The summed E-state index contributed by atoms with van der Waals surface area (Å²) in [5, 5.41) is 30.1. The summed E-state index contributed by atoms with van der Waals surface area (Å²) in [5.74, 6) is 1.20. The van der Waals surface area contributed by atoms with E-state index in [-0.39, 0.29) is 0 Å². The van der Waals surface area contributed by atoms with Gasteiger partial charge < -0.3 is 20.4 Å². The second-order valence-electron chi connectivity index (χ2n) is 4.97. The van der Waals surface area contributed by atoms with E-state index in [0.29, 0.717) is 30.5 Å². The number of anilines is 2. The summed E-state index contributed by atoms with van der Waals surface area (Å²) in [5.41, 5.74) is 0.643. The summed E-state index contributed by atoms with van der Waals surface area (Å²) in [6.07, 6.45) is 1.13. The summed E-state index contributed by atoms with van der Waals surface area (Å²) in [7, 11) is 0. The van der Waals surface area contributed by atoms with Crippen LogP contribution in [0.1, 0.15) is 13.3 Å². The lowest BCUT2D eigenvalue weighted by atomic mass is 10.3. The SMILES string of the molecule is CCCNc1nc(N2CC(O)C(O)C2)c2cn[nH]c2n1. The molecule has 20 heavy (non-hydrogen) atoms. The normalized spacial score (nSPS) is 22.6. The van der Waals surface area contributed by atoms with Crippen molar-refractivity contribution in [1.82, 2.24) is 20.2 Å². The Bertz CT molecular complexity index is 591. The monoisotopic (exact) mass is 278 g/mol. The molecule has 1 aliphatic heterocycles. The number of β-amino-alcohol motifs (C(OH)–C–C–N with tert-alkyl or cyclic N) is 2. The molecule has 0 spiro atoms. The van der Waals surface area contributed by atoms with Crippen LogP contribution in [-0.4, -0.2) is 62.2 Å². The van der Waals surface area contributed by atoms with Crippen molar-refractivity contribution in [2.45, 2.75) is 25.6 Å². The zero-order valence-corrected chi connectivity index (χ0v) is 11.2. The Balaban J connectivity index is 1.97. The van der Waals surface area contributed by atoms with Crippen LogP contribution in [0.25, 0.3) is 11.0 Å². The van der Waals surface area contributed by atoms with Gasteiger partial charge in [-0.2, -0.15) is 15.1 Å². The number of aliphatic hydroxyl groups excluding tert-OH is 2. The second kappa shape index (κ2) is 5.22. The predicted molar refractivity (Wildman–Crippen MR) is 74.7 cm³/mol. The first-order chi connectivity index (χ1) is 9.69. The molecular formula is C12H18N6O2.